The van der Waals surface area contributed by atoms with Gasteiger partial charge in [0.25, 0.3) is 0 Å². The van der Waals surface area contributed by atoms with Gasteiger partial charge in [0.05, 0.1) is 6.10 Å². The van der Waals surface area contributed by atoms with Crippen molar-refractivity contribution < 1.29 is 9.13 Å². The van der Waals surface area contributed by atoms with Gasteiger partial charge < -0.3 is 4.74 Å². The fraction of sp³-hybridized carbons (Fsp3) is 0.600. The maximum Gasteiger partial charge on any atom is 0.122 e. The molecule has 0 aromatic heterocycles. The number of hydrogen-bond donors (Lipinski definition) is 0. The second kappa shape index (κ2) is 5.07. The van der Waals surface area contributed by atoms with E-state index < -0.39 is 0 Å². The second-order valence-corrected chi connectivity index (χ2v) is 5.90. The Labute approximate surface area is 104 Å². The molecule has 0 spiro atoms. The third kappa shape index (κ3) is 4.03. The molecular weight excluding hydrogens is 215 g/mol. The van der Waals surface area contributed by atoms with E-state index in [4.69, 9.17) is 4.74 Å². The molecule has 0 N–H and O–H groups in total. The van der Waals surface area contributed by atoms with E-state index in [-0.39, 0.29) is 23.3 Å². The van der Waals surface area contributed by atoms with E-state index in [1.807, 2.05) is 32.9 Å². The van der Waals surface area contributed by atoms with Gasteiger partial charge in [0.15, 0.2) is 0 Å². The Morgan fingerprint density at radius 3 is 2.29 bits per heavy atom. The first-order chi connectivity index (χ1) is 7.70. The van der Waals surface area contributed by atoms with Gasteiger partial charge in [-0.2, -0.15) is 0 Å². The molecule has 17 heavy (non-hydrogen) atoms. The van der Waals surface area contributed by atoms with Crippen LogP contribution in [0, 0.1) is 11.3 Å². The molecule has 0 fully saturated rings. The molecule has 1 aliphatic carbocycles. The quantitative estimate of drug-likeness (QED) is 0.673. The molecule has 0 radical (unpaired) electrons. The molecule has 0 unspecified atom stereocenters. The molecule has 0 aromatic rings. The van der Waals surface area contributed by atoms with Crippen LogP contribution in [0.4, 0.5) is 4.39 Å². The zero-order chi connectivity index (χ0) is 13.2. The molecule has 0 aromatic carbocycles. The van der Waals surface area contributed by atoms with Crippen LogP contribution in [0.3, 0.4) is 0 Å². The van der Waals surface area contributed by atoms with E-state index in [1.54, 1.807) is 0 Å². The monoisotopic (exact) mass is 238 g/mol. The summed E-state index contributed by atoms with van der Waals surface area (Å²) in [6, 6.07) is 0. The van der Waals surface area contributed by atoms with Crippen molar-refractivity contribution in [3.8, 4) is 0 Å². The predicted molar refractivity (Wildman–Crippen MR) is 70.2 cm³/mol. The highest BCUT2D eigenvalue weighted by Gasteiger charge is 2.21. The topological polar surface area (TPSA) is 9.23 Å². The standard InChI is InChI=1S/C15H23FO/c1-10(2)17-13-8-12(15(4,5)6)7-11(3)14(16)9-13/h7-11H,1-6H3/t11-/m1/s1. The number of hydrogen-bond acceptors (Lipinski definition) is 1. The van der Waals surface area contributed by atoms with Gasteiger partial charge in [-0.1, -0.05) is 33.8 Å². The molecule has 0 heterocycles. The van der Waals surface area contributed by atoms with Crippen LogP contribution in [0.1, 0.15) is 41.5 Å². The first-order valence-electron chi connectivity index (χ1n) is 6.18. The highest BCUT2D eigenvalue weighted by Crippen LogP contribution is 2.33. The Morgan fingerprint density at radius 2 is 1.82 bits per heavy atom. The summed E-state index contributed by atoms with van der Waals surface area (Å²) < 4.78 is 19.4. The van der Waals surface area contributed by atoms with Gasteiger partial charge in [0, 0.05) is 12.0 Å². The zero-order valence-electron chi connectivity index (χ0n) is 11.7. The van der Waals surface area contributed by atoms with Crippen LogP contribution in [0.2, 0.25) is 0 Å². The lowest BCUT2D eigenvalue weighted by molar-refractivity contribution is 0.156. The minimum atomic E-state index is -0.186. The summed E-state index contributed by atoms with van der Waals surface area (Å²) in [6.45, 7) is 12.1. The molecule has 1 nitrogen and oxygen atoms in total. The van der Waals surface area contributed by atoms with Gasteiger partial charge in [0.2, 0.25) is 0 Å². The highest BCUT2D eigenvalue weighted by atomic mass is 19.1. The van der Waals surface area contributed by atoms with Crippen LogP contribution in [-0.4, -0.2) is 6.10 Å². The summed E-state index contributed by atoms with van der Waals surface area (Å²) in [6.07, 6.45) is 5.48. The molecule has 1 aliphatic rings. The first kappa shape index (κ1) is 14.0. The number of halogens is 1. The predicted octanol–water partition coefficient (Wildman–Crippen LogP) is 4.77. The molecule has 96 valence electrons. The van der Waals surface area contributed by atoms with Crippen LogP contribution in [0.25, 0.3) is 0 Å². The van der Waals surface area contributed by atoms with Crippen molar-refractivity contribution in [1.29, 1.82) is 0 Å². The average molecular weight is 238 g/mol. The van der Waals surface area contributed by atoms with Gasteiger partial charge in [-0.25, -0.2) is 4.39 Å². The summed E-state index contributed by atoms with van der Waals surface area (Å²) >= 11 is 0. The second-order valence-electron chi connectivity index (χ2n) is 5.90. The van der Waals surface area contributed by atoms with Gasteiger partial charge >= 0.3 is 0 Å². The van der Waals surface area contributed by atoms with E-state index in [0.29, 0.717) is 5.76 Å². The molecule has 0 aliphatic heterocycles. The van der Waals surface area contributed by atoms with Crippen LogP contribution in [0.5, 0.6) is 0 Å². The van der Waals surface area contributed by atoms with E-state index in [0.717, 1.165) is 5.57 Å². The van der Waals surface area contributed by atoms with Gasteiger partial charge in [0.1, 0.15) is 11.6 Å². The Morgan fingerprint density at radius 1 is 1.24 bits per heavy atom. The SMILES string of the molecule is CC(C)OC1=CC(C(C)(C)C)=C[C@@H](C)C(F)=C1. The lowest BCUT2D eigenvalue weighted by Gasteiger charge is -2.21. The molecule has 0 bridgehead atoms. The van der Waals surface area contributed by atoms with Crippen LogP contribution in [-0.2, 0) is 4.74 Å². The zero-order valence-corrected chi connectivity index (χ0v) is 11.7. The average Bonchev–Trinajstić information content (AvgIpc) is 2.25. The van der Waals surface area contributed by atoms with Crippen molar-refractivity contribution in [3.63, 3.8) is 0 Å². The van der Waals surface area contributed by atoms with Crippen molar-refractivity contribution >= 4 is 0 Å². The van der Waals surface area contributed by atoms with Crippen LogP contribution >= 0.6 is 0 Å². The molecule has 1 atom stereocenters. The van der Waals surface area contributed by atoms with Crippen LogP contribution in [0.15, 0.2) is 35.4 Å². The van der Waals surface area contributed by atoms with Gasteiger partial charge in [-0.15, -0.1) is 0 Å². The third-order valence-corrected chi connectivity index (χ3v) is 2.68. The summed E-state index contributed by atoms with van der Waals surface area (Å²) in [5, 5.41) is 0. The maximum absolute atomic E-state index is 13.8. The summed E-state index contributed by atoms with van der Waals surface area (Å²) in [5.74, 6) is 0.285. The van der Waals surface area contributed by atoms with Crippen molar-refractivity contribution in [2.45, 2.75) is 47.6 Å². The van der Waals surface area contributed by atoms with Gasteiger partial charge in [-0.05, 0) is 30.9 Å². The Balaban J connectivity index is 3.11. The summed E-state index contributed by atoms with van der Waals surface area (Å²) in [5.41, 5.74) is 1.11. The molecule has 0 saturated heterocycles. The van der Waals surface area contributed by atoms with Crippen LogP contribution < -0.4 is 0 Å². The van der Waals surface area contributed by atoms with Gasteiger partial charge in [-0.3, -0.25) is 0 Å². The lowest BCUT2D eigenvalue weighted by Crippen LogP contribution is -2.09. The molecular formula is C15H23FO. The lowest BCUT2D eigenvalue weighted by atomic mass is 9.84. The van der Waals surface area contributed by atoms with E-state index in [9.17, 15) is 4.39 Å². The smallest absolute Gasteiger partial charge is 0.122 e. The van der Waals surface area contributed by atoms with Crippen molar-refractivity contribution in [2.24, 2.45) is 11.3 Å². The molecule has 0 amide bonds. The minimum absolute atomic E-state index is 0.00168. The Kier molecular flexibility index (Phi) is 4.18. The summed E-state index contributed by atoms with van der Waals surface area (Å²) in [4.78, 5) is 0. The maximum atomic E-state index is 13.8. The highest BCUT2D eigenvalue weighted by molar-refractivity contribution is 5.36. The fourth-order valence-corrected chi connectivity index (χ4v) is 1.67. The first-order valence-corrected chi connectivity index (χ1v) is 6.18. The number of rotatable bonds is 2. The minimum Gasteiger partial charge on any atom is -0.491 e. The van der Waals surface area contributed by atoms with Crippen molar-refractivity contribution in [3.05, 3.63) is 35.4 Å². The Hall–Kier alpha value is -1.05. The largest absolute Gasteiger partial charge is 0.491 e. The molecule has 0 saturated carbocycles. The number of allylic oxidation sites excluding steroid dienone is 5. The molecule has 1 rings (SSSR count). The molecule has 2 heteroatoms. The normalized spacial score (nSPS) is 21.6. The number of ether oxygens (including phenoxy) is 1. The summed E-state index contributed by atoms with van der Waals surface area (Å²) in [7, 11) is 0. The fourth-order valence-electron chi connectivity index (χ4n) is 1.67. The van der Waals surface area contributed by atoms with Crippen molar-refractivity contribution in [1.82, 2.24) is 0 Å². The van der Waals surface area contributed by atoms with Crippen molar-refractivity contribution in [2.75, 3.05) is 0 Å². The van der Waals surface area contributed by atoms with E-state index >= 15 is 0 Å². The van der Waals surface area contributed by atoms with E-state index in [1.165, 1.54) is 6.08 Å². The third-order valence-electron chi connectivity index (χ3n) is 2.68. The van der Waals surface area contributed by atoms with E-state index in [2.05, 4.69) is 20.8 Å². The Bertz CT molecular complexity index is 367.